The lowest BCUT2D eigenvalue weighted by atomic mass is 10.0. The van der Waals surface area contributed by atoms with E-state index in [0.29, 0.717) is 18.5 Å². The Labute approximate surface area is 117 Å². The van der Waals surface area contributed by atoms with Crippen molar-refractivity contribution >= 4 is 21.8 Å². The van der Waals surface area contributed by atoms with Crippen molar-refractivity contribution in [3.05, 3.63) is 33.8 Å². The Morgan fingerprint density at radius 3 is 2.67 bits per heavy atom. The fourth-order valence-electron chi connectivity index (χ4n) is 1.64. The lowest BCUT2D eigenvalue weighted by Gasteiger charge is -2.14. The standard InChI is InChI=1S/C14H20BrNO2/c1-9(2)13(17)6-7-16-14(18)12-5-4-11(15)8-10(12)3/h4-5,8-9,13,17H,6-7H2,1-3H3,(H,16,18). The van der Waals surface area contributed by atoms with Crippen molar-refractivity contribution in [2.24, 2.45) is 5.92 Å². The Morgan fingerprint density at radius 2 is 2.11 bits per heavy atom. The summed E-state index contributed by atoms with van der Waals surface area (Å²) in [7, 11) is 0. The molecule has 0 spiro atoms. The first-order valence-corrected chi connectivity index (χ1v) is 6.93. The zero-order chi connectivity index (χ0) is 13.7. The molecule has 0 saturated carbocycles. The van der Waals surface area contributed by atoms with Gasteiger partial charge < -0.3 is 10.4 Å². The Morgan fingerprint density at radius 1 is 1.44 bits per heavy atom. The van der Waals surface area contributed by atoms with Crippen LogP contribution in [0.15, 0.2) is 22.7 Å². The van der Waals surface area contributed by atoms with Crippen molar-refractivity contribution in [2.45, 2.75) is 33.3 Å². The number of carbonyl (C=O) groups is 1. The van der Waals surface area contributed by atoms with Crippen molar-refractivity contribution in [3.63, 3.8) is 0 Å². The van der Waals surface area contributed by atoms with E-state index in [-0.39, 0.29) is 17.9 Å². The topological polar surface area (TPSA) is 49.3 Å². The summed E-state index contributed by atoms with van der Waals surface area (Å²) in [6.07, 6.45) is 0.218. The molecule has 1 atom stereocenters. The molecular weight excluding hydrogens is 294 g/mol. The lowest BCUT2D eigenvalue weighted by Crippen LogP contribution is -2.29. The van der Waals surface area contributed by atoms with Crippen molar-refractivity contribution in [2.75, 3.05) is 6.54 Å². The van der Waals surface area contributed by atoms with E-state index in [9.17, 15) is 9.90 Å². The molecule has 1 amide bonds. The van der Waals surface area contributed by atoms with Crippen LogP contribution in [-0.4, -0.2) is 23.7 Å². The van der Waals surface area contributed by atoms with Gasteiger partial charge in [0, 0.05) is 16.6 Å². The molecule has 0 aliphatic rings. The fourth-order valence-corrected chi connectivity index (χ4v) is 2.12. The molecule has 0 aliphatic heterocycles. The van der Waals surface area contributed by atoms with Gasteiger partial charge in [0.2, 0.25) is 0 Å². The van der Waals surface area contributed by atoms with Gasteiger partial charge in [-0.25, -0.2) is 0 Å². The summed E-state index contributed by atoms with van der Waals surface area (Å²) >= 11 is 3.37. The van der Waals surface area contributed by atoms with Crippen LogP contribution in [0.2, 0.25) is 0 Å². The summed E-state index contributed by atoms with van der Waals surface area (Å²) in [6, 6.07) is 5.57. The van der Waals surface area contributed by atoms with Gasteiger partial charge in [-0.15, -0.1) is 0 Å². The second-order valence-corrected chi connectivity index (χ2v) is 5.73. The van der Waals surface area contributed by atoms with Crippen LogP contribution >= 0.6 is 15.9 Å². The van der Waals surface area contributed by atoms with Gasteiger partial charge in [0.1, 0.15) is 0 Å². The predicted octanol–water partition coefficient (Wildman–Crippen LogP) is 2.89. The summed E-state index contributed by atoms with van der Waals surface area (Å²) in [5.74, 6) is 0.132. The Balaban J connectivity index is 2.51. The van der Waals surface area contributed by atoms with Gasteiger partial charge >= 0.3 is 0 Å². The molecule has 3 nitrogen and oxygen atoms in total. The highest BCUT2D eigenvalue weighted by atomic mass is 79.9. The molecule has 100 valence electrons. The van der Waals surface area contributed by atoms with Gasteiger partial charge in [-0.05, 0) is 43.0 Å². The highest BCUT2D eigenvalue weighted by molar-refractivity contribution is 9.10. The number of halogens is 1. The first-order chi connectivity index (χ1) is 8.41. The Bertz CT molecular complexity index is 418. The third-order valence-electron chi connectivity index (χ3n) is 2.93. The summed E-state index contributed by atoms with van der Waals surface area (Å²) < 4.78 is 0.965. The molecule has 1 aromatic carbocycles. The number of aliphatic hydroxyl groups is 1. The smallest absolute Gasteiger partial charge is 0.251 e. The van der Waals surface area contributed by atoms with Crippen molar-refractivity contribution < 1.29 is 9.90 Å². The fraction of sp³-hybridized carbons (Fsp3) is 0.500. The molecule has 0 bridgehead atoms. The maximum atomic E-state index is 11.9. The van der Waals surface area contributed by atoms with E-state index in [1.54, 1.807) is 6.07 Å². The lowest BCUT2D eigenvalue weighted by molar-refractivity contribution is 0.0919. The van der Waals surface area contributed by atoms with Crippen LogP contribution in [0.5, 0.6) is 0 Å². The largest absolute Gasteiger partial charge is 0.393 e. The molecule has 0 heterocycles. The van der Waals surface area contributed by atoms with Crippen molar-refractivity contribution in [1.82, 2.24) is 5.32 Å². The van der Waals surface area contributed by atoms with Gasteiger partial charge in [-0.2, -0.15) is 0 Å². The number of carbonyl (C=O) groups excluding carboxylic acids is 1. The maximum absolute atomic E-state index is 11.9. The van der Waals surface area contributed by atoms with Crippen LogP contribution in [0, 0.1) is 12.8 Å². The number of hydrogen-bond donors (Lipinski definition) is 2. The van der Waals surface area contributed by atoms with E-state index in [2.05, 4.69) is 21.2 Å². The molecule has 0 aliphatic carbocycles. The van der Waals surface area contributed by atoms with Crippen LogP contribution in [0.4, 0.5) is 0 Å². The molecule has 1 unspecified atom stereocenters. The van der Waals surface area contributed by atoms with Crippen LogP contribution in [0.3, 0.4) is 0 Å². The van der Waals surface area contributed by atoms with Gasteiger partial charge in [0.15, 0.2) is 0 Å². The number of aryl methyl sites for hydroxylation is 1. The number of benzene rings is 1. The highest BCUT2D eigenvalue weighted by Gasteiger charge is 2.11. The van der Waals surface area contributed by atoms with E-state index >= 15 is 0 Å². The molecule has 4 heteroatoms. The second-order valence-electron chi connectivity index (χ2n) is 4.82. The molecule has 2 N–H and O–H groups in total. The van der Waals surface area contributed by atoms with E-state index < -0.39 is 0 Å². The Hall–Kier alpha value is -0.870. The van der Waals surface area contributed by atoms with E-state index in [4.69, 9.17) is 0 Å². The molecule has 1 rings (SSSR count). The number of hydrogen-bond acceptors (Lipinski definition) is 2. The number of rotatable bonds is 5. The van der Waals surface area contributed by atoms with Gasteiger partial charge in [0.05, 0.1) is 6.10 Å². The van der Waals surface area contributed by atoms with Crippen LogP contribution in [-0.2, 0) is 0 Å². The molecule has 0 aromatic heterocycles. The first kappa shape index (κ1) is 15.2. The Kier molecular flexibility index (Phi) is 5.82. The van der Waals surface area contributed by atoms with E-state index in [1.165, 1.54) is 0 Å². The highest BCUT2D eigenvalue weighted by Crippen LogP contribution is 2.15. The summed E-state index contributed by atoms with van der Waals surface area (Å²) in [5, 5.41) is 12.5. The first-order valence-electron chi connectivity index (χ1n) is 6.14. The van der Waals surface area contributed by atoms with E-state index in [1.807, 2.05) is 32.9 Å². The minimum Gasteiger partial charge on any atom is -0.393 e. The van der Waals surface area contributed by atoms with Gasteiger partial charge in [-0.1, -0.05) is 29.8 Å². The number of amides is 1. The quantitative estimate of drug-likeness (QED) is 0.878. The molecule has 0 radical (unpaired) electrons. The summed E-state index contributed by atoms with van der Waals surface area (Å²) in [4.78, 5) is 11.9. The maximum Gasteiger partial charge on any atom is 0.251 e. The number of nitrogens with one attached hydrogen (secondary N) is 1. The SMILES string of the molecule is Cc1cc(Br)ccc1C(=O)NCCC(O)C(C)C. The molecule has 0 saturated heterocycles. The van der Waals surface area contributed by atoms with Gasteiger partial charge in [-0.3, -0.25) is 4.79 Å². The summed E-state index contributed by atoms with van der Waals surface area (Å²) in [6.45, 7) is 6.33. The second kappa shape index (κ2) is 6.90. The van der Waals surface area contributed by atoms with Crippen LogP contribution in [0.25, 0.3) is 0 Å². The zero-order valence-corrected chi connectivity index (χ0v) is 12.6. The summed E-state index contributed by atoms with van der Waals surface area (Å²) in [5.41, 5.74) is 1.61. The monoisotopic (exact) mass is 313 g/mol. The average molecular weight is 314 g/mol. The average Bonchev–Trinajstić information content (AvgIpc) is 2.28. The molecule has 1 aromatic rings. The van der Waals surface area contributed by atoms with Crippen molar-refractivity contribution in [1.29, 1.82) is 0 Å². The third kappa shape index (κ3) is 4.42. The third-order valence-corrected chi connectivity index (χ3v) is 3.42. The van der Waals surface area contributed by atoms with Crippen molar-refractivity contribution in [3.8, 4) is 0 Å². The predicted molar refractivity (Wildman–Crippen MR) is 76.7 cm³/mol. The van der Waals surface area contributed by atoms with Crippen LogP contribution < -0.4 is 5.32 Å². The molecule has 18 heavy (non-hydrogen) atoms. The van der Waals surface area contributed by atoms with Gasteiger partial charge in [0.25, 0.3) is 5.91 Å². The minimum atomic E-state index is -0.365. The van der Waals surface area contributed by atoms with Crippen LogP contribution in [0.1, 0.15) is 36.2 Å². The number of aliphatic hydroxyl groups excluding tert-OH is 1. The molecular formula is C14H20BrNO2. The zero-order valence-electron chi connectivity index (χ0n) is 11.0. The molecule has 0 fully saturated rings. The minimum absolute atomic E-state index is 0.0871. The van der Waals surface area contributed by atoms with E-state index in [0.717, 1.165) is 10.0 Å². The normalized spacial score (nSPS) is 12.6.